The Balaban J connectivity index is 2.42. The Morgan fingerprint density at radius 3 is 2.63 bits per heavy atom. The number of anilines is 1. The van der Waals surface area contributed by atoms with Gasteiger partial charge >= 0.3 is 11.8 Å². The average Bonchev–Trinajstić information content (AvgIpc) is 2.38. The van der Waals surface area contributed by atoms with Gasteiger partial charge in [-0.25, -0.2) is 4.90 Å². The number of benzene rings is 1. The third-order valence-corrected chi connectivity index (χ3v) is 3.09. The van der Waals surface area contributed by atoms with Crippen molar-refractivity contribution in [3.05, 3.63) is 29.3 Å². The molecule has 0 aliphatic carbocycles. The highest BCUT2D eigenvalue weighted by molar-refractivity contribution is 6.45. The number of fused-ring (bicyclic) bond motifs is 1. The number of hydrogen-bond acceptors (Lipinski definition) is 4. The van der Waals surface area contributed by atoms with Crippen molar-refractivity contribution in [2.75, 3.05) is 11.4 Å². The standard InChI is InChI=1S/C13H15N3O3/c14-6-5-8-1-3-10-9(7-8)2-4-11(17)16(10)13(19)12(15)18/h1,3,7H,2,4-6,14H2,(H2,15,18). The fraction of sp³-hybridized carbons (Fsp3) is 0.308. The van der Waals surface area contributed by atoms with Crippen LogP contribution in [0.15, 0.2) is 18.2 Å². The lowest BCUT2D eigenvalue weighted by Crippen LogP contribution is -2.46. The van der Waals surface area contributed by atoms with Gasteiger partial charge in [0.1, 0.15) is 0 Å². The van der Waals surface area contributed by atoms with E-state index in [4.69, 9.17) is 11.5 Å². The second-order valence-electron chi connectivity index (χ2n) is 4.40. The summed E-state index contributed by atoms with van der Waals surface area (Å²) in [4.78, 5) is 35.3. The molecule has 6 nitrogen and oxygen atoms in total. The smallest absolute Gasteiger partial charge is 0.322 e. The second kappa shape index (κ2) is 5.19. The molecule has 0 fully saturated rings. The summed E-state index contributed by atoms with van der Waals surface area (Å²) in [7, 11) is 0. The fourth-order valence-corrected chi connectivity index (χ4v) is 2.20. The Kier molecular flexibility index (Phi) is 3.62. The van der Waals surface area contributed by atoms with Crippen molar-refractivity contribution in [2.24, 2.45) is 11.5 Å². The van der Waals surface area contributed by atoms with Crippen molar-refractivity contribution in [3.8, 4) is 0 Å². The van der Waals surface area contributed by atoms with E-state index in [-0.39, 0.29) is 6.42 Å². The summed E-state index contributed by atoms with van der Waals surface area (Å²) in [6.07, 6.45) is 1.47. The van der Waals surface area contributed by atoms with Crippen LogP contribution in [0, 0.1) is 0 Å². The number of carbonyl (C=O) groups is 3. The molecule has 6 heteroatoms. The van der Waals surface area contributed by atoms with E-state index in [0.29, 0.717) is 18.7 Å². The Hall–Kier alpha value is -2.21. The Bertz CT molecular complexity index is 554. The molecule has 1 aromatic carbocycles. The largest absolute Gasteiger partial charge is 0.361 e. The maximum absolute atomic E-state index is 11.8. The van der Waals surface area contributed by atoms with Crippen molar-refractivity contribution in [3.63, 3.8) is 0 Å². The van der Waals surface area contributed by atoms with Crippen molar-refractivity contribution >= 4 is 23.4 Å². The summed E-state index contributed by atoms with van der Waals surface area (Å²) in [5, 5.41) is 0. The highest BCUT2D eigenvalue weighted by Crippen LogP contribution is 2.29. The van der Waals surface area contributed by atoms with Crippen LogP contribution < -0.4 is 16.4 Å². The summed E-state index contributed by atoms with van der Waals surface area (Å²) in [5.41, 5.74) is 12.8. The normalized spacial score (nSPS) is 14.2. The Labute approximate surface area is 110 Å². The monoisotopic (exact) mass is 261 g/mol. The van der Waals surface area contributed by atoms with Gasteiger partial charge in [0.05, 0.1) is 5.69 Å². The first-order valence-corrected chi connectivity index (χ1v) is 6.03. The molecule has 1 aliphatic rings. The molecular weight excluding hydrogens is 246 g/mol. The molecule has 0 saturated carbocycles. The number of aryl methyl sites for hydroxylation is 1. The first-order valence-electron chi connectivity index (χ1n) is 6.03. The van der Waals surface area contributed by atoms with Crippen LogP contribution in [0.3, 0.4) is 0 Å². The van der Waals surface area contributed by atoms with Gasteiger partial charge in [-0.2, -0.15) is 0 Å². The molecule has 100 valence electrons. The van der Waals surface area contributed by atoms with Crippen LogP contribution in [0.4, 0.5) is 5.69 Å². The second-order valence-corrected chi connectivity index (χ2v) is 4.40. The first-order chi connectivity index (χ1) is 9.04. The molecule has 2 rings (SSSR count). The van der Waals surface area contributed by atoms with Gasteiger partial charge in [-0.3, -0.25) is 14.4 Å². The summed E-state index contributed by atoms with van der Waals surface area (Å²) < 4.78 is 0. The van der Waals surface area contributed by atoms with Crippen molar-refractivity contribution in [2.45, 2.75) is 19.3 Å². The molecule has 4 N–H and O–H groups in total. The van der Waals surface area contributed by atoms with Crippen LogP contribution in [0.5, 0.6) is 0 Å². The van der Waals surface area contributed by atoms with Crippen LogP contribution in [0.1, 0.15) is 17.5 Å². The van der Waals surface area contributed by atoms with Crippen LogP contribution in [0.2, 0.25) is 0 Å². The van der Waals surface area contributed by atoms with Gasteiger partial charge in [0.2, 0.25) is 5.91 Å². The van der Waals surface area contributed by atoms with Gasteiger partial charge in [-0.1, -0.05) is 12.1 Å². The van der Waals surface area contributed by atoms with Crippen LogP contribution in [0.25, 0.3) is 0 Å². The fourth-order valence-electron chi connectivity index (χ4n) is 2.20. The molecule has 1 heterocycles. The number of rotatable bonds is 2. The lowest BCUT2D eigenvalue weighted by atomic mass is 9.97. The van der Waals surface area contributed by atoms with E-state index in [1.807, 2.05) is 6.07 Å². The first kappa shape index (κ1) is 13.2. The van der Waals surface area contributed by atoms with E-state index in [1.165, 1.54) is 0 Å². The number of hydrogen-bond donors (Lipinski definition) is 2. The van der Waals surface area contributed by atoms with Crippen molar-refractivity contribution in [1.82, 2.24) is 0 Å². The highest BCUT2D eigenvalue weighted by Gasteiger charge is 2.32. The minimum atomic E-state index is -1.13. The van der Waals surface area contributed by atoms with Gasteiger partial charge in [0, 0.05) is 6.42 Å². The number of nitrogens with zero attached hydrogens (tertiary/aromatic N) is 1. The molecule has 0 bridgehead atoms. The number of nitrogens with two attached hydrogens (primary N) is 2. The zero-order valence-corrected chi connectivity index (χ0v) is 10.4. The van der Waals surface area contributed by atoms with E-state index in [2.05, 4.69) is 0 Å². The van der Waals surface area contributed by atoms with Gasteiger partial charge in [0.25, 0.3) is 0 Å². The zero-order chi connectivity index (χ0) is 14.0. The molecule has 0 saturated heterocycles. The predicted octanol–water partition coefficient (Wildman–Crippen LogP) is -0.521. The minimum Gasteiger partial charge on any atom is -0.361 e. The lowest BCUT2D eigenvalue weighted by Gasteiger charge is -2.27. The average molecular weight is 261 g/mol. The Morgan fingerprint density at radius 1 is 1.26 bits per heavy atom. The molecular formula is C13H15N3O3. The summed E-state index contributed by atoms with van der Waals surface area (Å²) in [6, 6.07) is 5.37. The quantitative estimate of drug-likeness (QED) is 0.698. The molecule has 3 amide bonds. The molecule has 19 heavy (non-hydrogen) atoms. The zero-order valence-electron chi connectivity index (χ0n) is 10.4. The number of carbonyl (C=O) groups excluding carboxylic acids is 3. The van der Waals surface area contributed by atoms with Crippen LogP contribution in [-0.4, -0.2) is 24.3 Å². The molecule has 0 aromatic heterocycles. The molecule has 0 spiro atoms. The van der Waals surface area contributed by atoms with E-state index in [0.717, 1.165) is 22.4 Å². The SMILES string of the molecule is NCCc1ccc2c(c1)CCC(=O)N2C(=O)C(N)=O. The van der Waals surface area contributed by atoms with Crippen LogP contribution in [-0.2, 0) is 27.2 Å². The van der Waals surface area contributed by atoms with Crippen LogP contribution >= 0.6 is 0 Å². The van der Waals surface area contributed by atoms with E-state index < -0.39 is 17.7 Å². The van der Waals surface area contributed by atoms with Gasteiger partial charge in [-0.05, 0) is 36.6 Å². The molecule has 0 unspecified atom stereocenters. The molecule has 0 atom stereocenters. The third-order valence-electron chi connectivity index (χ3n) is 3.09. The van der Waals surface area contributed by atoms with Gasteiger partial charge in [0.15, 0.2) is 0 Å². The molecule has 1 aliphatic heterocycles. The summed E-state index contributed by atoms with van der Waals surface area (Å²) >= 11 is 0. The van der Waals surface area contributed by atoms with Crippen molar-refractivity contribution < 1.29 is 14.4 Å². The topological polar surface area (TPSA) is 106 Å². The van der Waals surface area contributed by atoms with Crippen molar-refractivity contribution in [1.29, 1.82) is 0 Å². The lowest BCUT2D eigenvalue weighted by molar-refractivity contribution is -0.138. The molecule has 0 radical (unpaired) electrons. The van der Waals surface area contributed by atoms with E-state index >= 15 is 0 Å². The number of primary amides is 1. The van der Waals surface area contributed by atoms with Gasteiger partial charge in [-0.15, -0.1) is 0 Å². The molecule has 1 aromatic rings. The summed E-state index contributed by atoms with van der Waals surface area (Å²) in [5.74, 6) is -2.52. The third kappa shape index (κ3) is 2.48. The van der Waals surface area contributed by atoms with E-state index in [9.17, 15) is 14.4 Å². The number of imide groups is 1. The maximum atomic E-state index is 11.8. The predicted molar refractivity (Wildman–Crippen MR) is 69.2 cm³/mol. The minimum absolute atomic E-state index is 0.193. The number of amides is 3. The summed E-state index contributed by atoms with van der Waals surface area (Å²) in [6.45, 7) is 0.529. The Morgan fingerprint density at radius 2 is 2.00 bits per heavy atom. The maximum Gasteiger partial charge on any atom is 0.322 e. The van der Waals surface area contributed by atoms with Gasteiger partial charge < -0.3 is 11.5 Å². The van der Waals surface area contributed by atoms with E-state index in [1.54, 1.807) is 12.1 Å². The highest BCUT2D eigenvalue weighted by atomic mass is 16.2.